The van der Waals surface area contributed by atoms with Gasteiger partial charge in [0.05, 0.1) is 6.10 Å². The Bertz CT molecular complexity index is 172. The summed E-state index contributed by atoms with van der Waals surface area (Å²) in [5.74, 6) is -0.600. The monoisotopic (exact) mass is 143 g/mol. The summed E-state index contributed by atoms with van der Waals surface area (Å²) in [4.78, 5) is 13.1. The van der Waals surface area contributed by atoms with E-state index in [1.54, 1.807) is 0 Å². The molecule has 0 heterocycles. The number of carbonyl (C=O) groups is 1. The zero-order valence-corrected chi connectivity index (χ0v) is 5.56. The second-order valence-corrected chi connectivity index (χ2v) is 1.91. The van der Waals surface area contributed by atoms with Gasteiger partial charge in [-0.05, 0) is 6.92 Å². The molecule has 0 spiro atoms. The summed E-state index contributed by atoms with van der Waals surface area (Å²) < 4.78 is 0. The van der Waals surface area contributed by atoms with Gasteiger partial charge < -0.3 is 16.4 Å². The second kappa shape index (κ2) is 3.90. The van der Waals surface area contributed by atoms with E-state index < -0.39 is 17.9 Å². The summed E-state index contributed by atoms with van der Waals surface area (Å²) in [6.45, 7) is 1.38. The van der Waals surface area contributed by atoms with E-state index in [1.165, 1.54) is 6.92 Å². The van der Waals surface area contributed by atoms with Crippen LogP contribution in [-0.4, -0.2) is 34.0 Å². The van der Waals surface area contributed by atoms with Crippen LogP contribution >= 0.6 is 0 Å². The van der Waals surface area contributed by atoms with Gasteiger partial charge in [0.25, 0.3) is 5.78 Å². The minimum absolute atomic E-state index is 0.600. The first kappa shape index (κ1) is 8.97. The Hall–Kier alpha value is -1.03. The average Bonchev–Trinajstić information content (AvgIpc) is 1.87. The largest absolute Gasteiger partial charge is 0.391 e. The molecule has 0 radical (unpaired) electrons. The Morgan fingerprint density at radius 1 is 1.90 bits per heavy atom. The number of hydrogen-bond acceptors (Lipinski definition) is 3. The van der Waals surface area contributed by atoms with Crippen LogP contribution in [0.2, 0.25) is 0 Å². The molecule has 0 aromatic carbocycles. The first-order chi connectivity index (χ1) is 4.59. The van der Waals surface area contributed by atoms with Gasteiger partial charge in [0, 0.05) is 0 Å². The lowest BCUT2D eigenvalue weighted by atomic mass is 10.1. The molecular formula is C5H9N3O2. The molecule has 0 aromatic rings. The Balaban J connectivity index is 4.07. The minimum atomic E-state index is -1.00. The van der Waals surface area contributed by atoms with E-state index in [9.17, 15) is 4.79 Å². The van der Waals surface area contributed by atoms with Gasteiger partial charge in [-0.2, -0.15) is 4.79 Å². The Morgan fingerprint density at radius 3 is 2.70 bits per heavy atom. The zero-order chi connectivity index (χ0) is 8.15. The standard InChI is InChI=1S/C5H9N3O2/c1-3(9)5(6)4(10)2-8-7/h2-3,5,9H,6H2,1H3/t3-,5+/m0/s1. The lowest BCUT2D eigenvalue weighted by molar-refractivity contribution is -0.119. The first-order valence-corrected chi connectivity index (χ1v) is 2.74. The Kier molecular flexibility index (Phi) is 3.49. The quantitative estimate of drug-likeness (QED) is 0.287. The highest BCUT2D eigenvalue weighted by atomic mass is 16.3. The van der Waals surface area contributed by atoms with E-state index in [0.717, 1.165) is 0 Å². The van der Waals surface area contributed by atoms with Gasteiger partial charge in [-0.3, -0.25) is 4.79 Å². The maximum absolute atomic E-state index is 10.6. The van der Waals surface area contributed by atoms with Crippen LogP contribution in [0.4, 0.5) is 0 Å². The number of rotatable bonds is 3. The highest BCUT2D eigenvalue weighted by Crippen LogP contribution is 1.86. The number of hydrogen-bond donors (Lipinski definition) is 2. The third-order valence-electron chi connectivity index (χ3n) is 1.03. The predicted molar refractivity (Wildman–Crippen MR) is 34.3 cm³/mol. The van der Waals surface area contributed by atoms with Gasteiger partial charge in [0.15, 0.2) is 0 Å². The number of Topliss-reactive ketones (excluding diaryl/α,β-unsaturated/α-hetero) is 1. The summed E-state index contributed by atoms with van der Waals surface area (Å²) in [5, 5.41) is 8.73. The van der Waals surface area contributed by atoms with Crippen LogP contribution in [-0.2, 0) is 4.79 Å². The molecule has 0 rings (SSSR count). The van der Waals surface area contributed by atoms with E-state index in [4.69, 9.17) is 16.4 Å². The Morgan fingerprint density at radius 2 is 2.40 bits per heavy atom. The molecular weight excluding hydrogens is 134 g/mol. The number of nitrogens with zero attached hydrogens (tertiary/aromatic N) is 2. The van der Waals surface area contributed by atoms with Crippen molar-refractivity contribution in [3.8, 4) is 0 Å². The summed E-state index contributed by atoms with van der Waals surface area (Å²) in [5.41, 5.74) is 13.0. The molecule has 0 saturated carbocycles. The van der Waals surface area contributed by atoms with Crippen LogP contribution in [0, 0.1) is 0 Å². The average molecular weight is 143 g/mol. The number of aliphatic hydroxyl groups is 1. The smallest absolute Gasteiger partial charge is 0.324 e. The van der Waals surface area contributed by atoms with Crippen LogP contribution in [0.15, 0.2) is 0 Å². The van der Waals surface area contributed by atoms with Crippen LogP contribution in [0.3, 0.4) is 0 Å². The molecule has 0 fully saturated rings. The lowest BCUT2D eigenvalue weighted by Gasteiger charge is -2.06. The van der Waals surface area contributed by atoms with Gasteiger partial charge in [-0.1, -0.05) is 0 Å². The summed E-state index contributed by atoms with van der Waals surface area (Å²) in [7, 11) is 0. The Labute approximate surface area is 58.1 Å². The van der Waals surface area contributed by atoms with Crippen molar-refractivity contribution >= 4 is 12.0 Å². The zero-order valence-electron chi connectivity index (χ0n) is 5.56. The van der Waals surface area contributed by atoms with E-state index in [0.29, 0.717) is 6.21 Å². The SMILES string of the molecule is C[C@H](O)[C@@H](N)C(=O)C=[N+]=[N-]. The van der Waals surface area contributed by atoms with Crippen molar-refractivity contribution in [3.63, 3.8) is 0 Å². The van der Waals surface area contributed by atoms with Crippen molar-refractivity contribution < 1.29 is 14.7 Å². The van der Waals surface area contributed by atoms with Crippen LogP contribution in [0.1, 0.15) is 6.92 Å². The number of carbonyl (C=O) groups excluding carboxylic acids is 1. The van der Waals surface area contributed by atoms with Crippen molar-refractivity contribution in [2.75, 3.05) is 0 Å². The molecule has 10 heavy (non-hydrogen) atoms. The maximum Gasteiger partial charge on any atom is 0.324 e. The number of ketones is 1. The molecule has 0 aliphatic heterocycles. The summed E-state index contributed by atoms with van der Waals surface area (Å²) in [6, 6.07) is -1.00. The highest BCUT2D eigenvalue weighted by molar-refractivity contribution is 6.27. The predicted octanol–water partition coefficient (Wildman–Crippen LogP) is -1.44. The van der Waals surface area contributed by atoms with E-state index in [1.807, 2.05) is 0 Å². The van der Waals surface area contributed by atoms with E-state index in [2.05, 4.69) is 4.79 Å². The van der Waals surface area contributed by atoms with Crippen molar-refractivity contribution in [2.45, 2.75) is 19.1 Å². The third kappa shape index (κ3) is 2.50. The summed E-state index contributed by atoms with van der Waals surface area (Å²) in [6.07, 6.45) is -0.261. The lowest BCUT2D eigenvalue weighted by Crippen LogP contribution is -2.40. The topological polar surface area (TPSA) is 99.7 Å². The molecule has 0 aliphatic rings. The van der Waals surface area contributed by atoms with Crippen LogP contribution in [0.25, 0.3) is 5.53 Å². The molecule has 2 atom stereocenters. The third-order valence-corrected chi connectivity index (χ3v) is 1.03. The second-order valence-electron chi connectivity index (χ2n) is 1.91. The van der Waals surface area contributed by atoms with Gasteiger partial charge in [0.1, 0.15) is 6.04 Å². The molecule has 0 aromatic heterocycles. The fourth-order valence-corrected chi connectivity index (χ4v) is 0.381. The molecule has 0 aliphatic carbocycles. The molecule has 0 bridgehead atoms. The molecule has 5 heteroatoms. The van der Waals surface area contributed by atoms with Gasteiger partial charge in [-0.25, -0.2) is 0 Å². The van der Waals surface area contributed by atoms with Crippen LogP contribution < -0.4 is 5.73 Å². The van der Waals surface area contributed by atoms with Crippen molar-refractivity contribution in [3.05, 3.63) is 5.53 Å². The van der Waals surface area contributed by atoms with Gasteiger partial charge >= 0.3 is 6.21 Å². The molecule has 3 N–H and O–H groups in total. The first-order valence-electron chi connectivity index (χ1n) is 2.74. The fourth-order valence-electron chi connectivity index (χ4n) is 0.381. The van der Waals surface area contributed by atoms with Gasteiger partial charge in [0.2, 0.25) is 0 Å². The fraction of sp³-hybridized carbons (Fsp3) is 0.600. The highest BCUT2D eigenvalue weighted by Gasteiger charge is 2.19. The van der Waals surface area contributed by atoms with Crippen molar-refractivity contribution in [1.29, 1.82) is 0 Å². The number of nitrogens with two attached hydrogens (primary N) is 1. The normalized spacial score (nSPS) is 15.1. The molecule has 5 nitrogen and oxygen atoms in total. The van der Waals surface area contributed by atoms with E-state index >= 15 is 0 Å². The number of aliphatic hydroxyl groups excluding tert-OH is 1. The van der Waals surface area contributed by atoms with Gasteiger partial charge in [-0.15, -0.1) is 0 Å². The molecule has 0 unspecified atom stereocenters. The molecule has 0 saturated heterocycles. The summed E-state index contributed by atoms with van der Waals surface area (Å²) >= 11 is 0. The van der Waals surface area contributed by atoms with E-state index in [-0.39, 0.29) is 0 Å². The van der Waals surface area contributed by atoms with Crippen molar-refractivity contribution in [2.24, 2.45) is 5.73 Å². The van der Waals surface area contributed by atoms with Crippen LogP contribution in [0.5, 0.6) is 0 Å². The maximum atomic E-state index is 10.6. The van der Waals surface area contributed by atoms with Crippen molar-refractivity contribution in [1.82, 2.24) is 0 Å². The minimum Gasteiger partial charge on any atom is -0.391 e. The molecule has 56 valence electrons. The molecule has 0 amide bonds.